The van der Waals surface area contributed by atoms with Gasteiger partial charge < -0.3 is 19.1 Å². The summed E-state index contributed by atoms with van der Waals surface area (Å²) in [6.45, 7) is 4.72. The first-order chi connectivity index (χ1) is 10.8. The van der Waals surface area contributed by atoms with Crippen molar-refractivity contribution in [3.63, 3.8) is 0 Å². The number of carbonyl (C=O) groups is 3. The van der Waals surface area contributed by atoms with E-state index in [0.717, 1.165) is 22.4 Å². The van der Waals surface area contributed by atoms with Gasteiger partial charge in [-0.15, -0.1) is 0 Å². The average molecular weight is 318 g/mol. The molecule has 0 aliphatic heterocycles. The van der Waals surface area contributed by atoms with Gasteiger partial charge in [0.1, 0.15) is 23.1 Å². The number of hydrogen-bond acceptors (Lipinski definition) is 4. The van der Waals surface area contributed by atoms with Crippen molar-refractivity contribution >= 4 is 17.3 Å². The third kappa shape index (κ3) is 6.76. The summed E-state index contributed by atoms with van der Waals surface area (Å²) in [5.41, 5.74) is 3.00. The van der Waals surface area contributed by atoms with Crippen LogP contribution >= 0.6 is 0 Å². The van der Waals surface area contributed by atoms with E-state index in [1.54, 1.807) is 27.9 Å². The van der Waals surface area contributed by atoms with Crippen LogP contribution in [0.2, 0.25) is 0 Å². The van der Waals surface area contributed by atoms with E-state index in [1.807, 2.05) is 12.1 Å². The highest BCUT2D eigenvalue weighted by atomic mass is 16.5. The molecule has 0 saturated heterocycles. The van der Waals surface area contributed by atoms with Crippen LogP contribution in [0.3, 0.4) is 0 Å². The molecule has 0 unspecified atom stereocenters. The first-order valence-corrected chi connectivity index (χ1v) is 8.00. The smallest absolute Gasteiger partial charge is 0.130 e. The van der Waals surface area contributed by atoms with Gasteiger partial charge in [0.05, 0.1) is 7.11 Å². The minimum atomic E-state index is 0.131. The van der Waals surface area contributed by atoms with E-state index >= 15 is 0 Å². The summed E-state index contributed by atoms with van der Waals surface area (Å²) in [6.07, 6.45) is 3.29. The minimum Gasteiger partial charge on any atom is -0.496 e. The quantitative estimate of drug-likeness (QED) is 0.664. The Balaban J connectivity index is 3.13. The number of aryl methyl sites for hydroxylation is 3. The molecule has 4 heteroatoms. The number of hydrogen-bond donors (Lipinski definition) is 0. The highest BCUT2D eigenvalue weighted by Crippen LogP contribution is 2.29. The molecule has 4 nitrogen and oxygen atoms in total. The largest absolute Gasteiger partial charge is 0.496 e. The van der Waals surface area contributed by atoms with Gasteiger partial charge >= 0.3 is 0 Å². The van der Waals surface area contributed by atoms with Crippen LogP contribution in [0.5, 0.6) is 5.75 Å². The summed E-state index contributed by atoms with van der Waals surface area (Å²) in [5.74, 6) is 1.17. The van der Waals surface area contributed by atoms with Crippen LogP contribution in [0.4, 0.5) is 0 Å². The van der Waals surface area contributed by atoms with Gasteiger partial charge in [0.2, 0.25) is 0 Å². The molecule has 126 valence electrons. The van der Waals surface area contributed by atoms with Crippen LogP contribution in [0, 0.1) is 0 Å². The predicted octanol–water partition coefficient (Wildman–Crippen LogP) is 3.26. The number of rotatable bonds is 10. The summed E-state index contributed by atoms with van der Waals surface area (Å²) in [5, 5.41) is 0. The summed E-state index contributed by atoms with van der Waals surface area (Å²) in [7, 11) is 1.61. The third-order valence-electron chi connectivity index (χ3n) is 3.77. The number of benzene rings is 1. The lowest BCUT2D eigenvalue weighted by molar-refractivity contribution is -0.117. The van der Waals surface area contributed by atoms with Crippen molar-refractivity contribution in [3.8, 4) is 5.75 Å². The molecule has 23 heavy (non-hydrogen) atoms. The van der Waals surface area contributed by atoms with Crippen molar-refractivity contribution in [2.45, 2.75) is 59.3 Å². The molecule has 0 amide bonds. The van der Waals surface area contributed by atoms with E-state index < -0.39 is 0 Å². The fourth-order valence-corrected chi connectivity index (χ4v) is 2.55. The van der Waals surface area contributed by atoms with Crippen molar-refractivity contribution in [1.29, 1.82) is 0 Å². The Labute approximate surface area is 138 Å². The fraction of sp³-hybridized carbons (Fsp3) is 0.526. The highest BCUT2D eigenvalue weighted by molar-refractivity contribution is 5.77. The number of Topliss-reactive ketones (excluding diaryl/α,β-unsaturated/α-hetero) is 3. The monoisotopic (exact) mass is 318 g/mol. The molecule has 0 aliphatic rings. The van der Waals surface area contributed by atoms with E-state index in [-0.39, 0.29) is 17.3 Å². The zero-order valence-electron chi connectivity index (χ0n) is 14.5. The lowest BCUT2D eigenvalue weighted by atomic mass is 9.94. The Kier molecular flexibility index (Phi) is 7.66. The average Bonchev–Trinajstić information content (AvgIpc) is 2.48. The summed E-state index contributed by atoms with van der Waals surface area (Å²) < 4.78 is 5.53. The highest BCUT2D eigenvalue weighted by Gasteiger charge is 2.13. The Hall–Kier alpha value is -1.97. The Bertz CT molecular complexity index is 548. The molecular formula is C19H26O4. The normalized spacial score (nSPS) is 10.4. The van der Waals surface area contributed by atoms with E-state index in [4.69, 9.17) is 4.74 Å². The molecule has 0 heterocycles. The number of methoxy groups -OCH3 is 1. The third-order valence-corrected chi connectivity index (χ3v) is 3.77. The zero-order valence-corrected chi connectivity index (χ0v) is 14.5. The SMILES string of the molecule is COc1c(CCC(C)=O)cc(CCC(C)=O)cc1CCC(C)=O. The molecule has 1 aromatic carbocycles. The zero-order chi connectivity index (χ0) is 17.4. The predicted molar refractivity (Wildman–Crippen MR) is 90.0 cm³/mol. The van der Waals surface area contributed by atoms with Crippen LogP contribution in [-0.4, -0.2) is 24.5 Å². The molecule has 0 atom stereocenters. The first-order valence-electron chi connectivity index (χ1n) is 8.00. The number of ketones is 3. The van der Waals surface area contributed by atoms with Gasteiger partial charge in [-0.2, -0.15) is 0 Å². The Morgan fingerprint density at radius 1 is 0.783 bits per heavy atom. The van der Waals surface area contributed by atoms with Crippen LogP contribution in [0.25, 0.3) is 0 Å². The maximum absolute atomic E-state index is 11.3. The van der Waals surface area contributed by atoms with Crippen molar-refractivity contribution in [1.82, 2.24) is 0 Å². The maximum Gasteiger partial charge on any atom is 0.130 e. The van der Waals surface area contributed by atoms with Crippen molar-refractivity contribution in [2.24, 2.45) is 0 Å². The topological polar surface area (TPSA) is 60.4 Å². The molecule has 0 radical (unpaired) electrons. The van der Waals surface area contributed by atoms with Gasteiger partial charge in [0.25, 0.3) is 0 Å². The Morgan fingerprint density at radius 2 is 1.17 bits per heavy atom. The molecule has 0 saturated carbocycles. The summed E-state index contributed by atoms with van der Waals surface area (Å²) in [4.78, 5) is 33.8. The van der Waals surface area contributed by atoms with Crippen molar-refractivity contribution in [3.05, 3.63) is 28.8 Å². The molecule has 0 fully saturated rings. The molecule has 0 aromatic heterocycles. The van der Waals surface area contributed by atoms with Crippen molar-refractivity contribution < 1.29 is 19.1 Å². The van der Waals surface area contributed by atoms with Gasteiger partial charge in [-0.3, -0.25) is 0 Å². The molecule has 0 spiro atoms. The molecular weight excluding hydrogens is 292 g/mol. The van der Waals surface area contributed by atoms with Gasteiger partial charge in [-0.05, 0) is 56.7 Å². The Morgan fingerprint density at radius 3 is 1.52 bits per heavy atom. The van der Waals surface area contributed by atoms with E-state index in [1.165, 1.54) is 0 Å². The van der Waals surface area contributed by atoms with E-state index in [2.05, 4.69) is 0 Å². The van der Waals surface area contributed by atoms with Gasteiger partial charge in [0.15, 0.2) is 0 Å². The lowest BCUT2D eigenvalue weighted by Crippen LogP contribution is -2.05. The standard InChI is InChI=1S/C19H26O4/c1-13(20)5-8-16-11-17(9-6-14(2)21)19(23-4)18(12-16)10-7-15(3)22/h11-12H,5-10H2,1-4H3. The van der Waals surface area contributed by atoms with Crippen LogP contribution in [-0.2, 0) is 33.6 Å². The molecule has 0 aliphatic carbocycles. The van der Waals surface area contributed by atoms with Crippen molar-refractivity contribution in [2.75, 3.05) is 7.11 Å². The second-order valence-electron chi connectivity index (χ2n) is 6.05. The molecule has 0 N–H and O–H groups in total. The lowest BCUT2D eigenvalue weighted by Gasteiger charge is -2.16. The number of ether oxygens (including phenoxy) is 1. The minimum absolute atomic E-state index is 0.131. The summed E-state index contributed by atoms with van der Waals surface area (Å²) in [6, 6.07) is 4.03. The van der Waals surface area contributed by atoms with Gasteiger partial charge in [0, 0.05) is 19.3 Å². The van der Waals surface area contributed by atoms with Crippen LogP contribution in [0.1, 0.15) is 56.7 Å². The van der Waals surface area contributed by atoms with Gasteiger partial charge in [-0.25, -0.2) is 0 Å². The molecule has 1 rings (SSSR count). The van der Waals surface area contributed by atoms with E-state index in [0.29, 0.717) is 38.5 Å². The summed E-state index contributed by atoms with van der Waals surface area (Å²) >= 11 is 0. The second kappa shape index (κ2) is 9.23. The van der Waals surface area contributed by atoms with Crippen LogP contribution < -0.4 is 4.74 Å². The second-order valence-corrected chi connectivity index (χ2v) is 6.05. The van der Waals surface area contributed by atoms with Gasteiger partial charge in [-0.1, -0.05) is 12.1 Å². The van der Waals surface area contributed by atoms with Crippen LogP contribution in [0.15, 0.2) is 12.1 Å². The fourth-order valence-electron chi connectivity index (χ4n) is 2.55. The number of carbonyl (C=O) groups excluding carboxylic acids is 3. The first kappa shape index (κ1) is 19.1. The molecule has 1 aromatic rings. The molecule has 0 bridgehead atoms. The maximum atomic E-state index is 11.3. The van der Waals surface area contributed by atoms with E-state index in [9.17, 15) is 14.4 Å².